The largest absolute Gasteiger partial charge is 0.347 e. The summed E-state index contributed by atoms with van der Waals surface area (Å²) >= 11 is 0. The molecule has 2 aromatic rings. The maximum atomic E-state index is 12.7. The molecule has 2 aromatic carbocycles. The van der Waals surface area contributed by atoms with Crippen LogP contribution in [0.15, 0.2) is 65.6 Å². The minimum atomic E-state index is -3.46. The molecule has 27 heavy (non-hydrogen) atoms. The van der Waals surface area contributed by atoms with Crippen molar-refractivity contribution in [3.8, 4) is 0 Å². The fraction of sp³-hybridized carbons (Fsp3) is 0.350. The van der Waals surface area contributed by atoms with E-state index < -0.39 is 10.0 Å². The number of piperazine rings is 1. The first kappa shape index (κ1) is 19.5. The highest BCUT2D eigenvalue weighted by Crippen LogP contribution is 2.14. The summed E-state index contributed by atoms with van der Waals surface area (Å²) in [5.41, 5.74) is 1.06. The molecule has 144 valence electrons. The second-order valence-electron chi connectivity index (χ2n) is 6.80. The first-order chi connectivity index (χ1) is 13.0. The van der Waals surface area contributed by atoms with Crippen LogP contribution >= 0.6 is 0 Å². The Kier molecular flexibility index (Phi) is 6.26. The lowest BCUT2D eigenvalue weighted by Gasteiger charge is -2.34. The lowest BCUT2D eigenvalue weighted by molar-refractivity contribution is -0.917. The number of sulfonamides is 1. The van der Waals surface area contributed by atoms with Gasteiger partial charge in [0.2, 0.25) is 10.0 Å². The van der Waals surface area contributed by atoms with Gasteiger partial charge < -0.3 is 10.2 Å². The van der Waals surface area contributed by atoms with Gasteiger partial charge in [-0.25, -0.2) is 8.42 Å². The Bertz CT molecular complexity index is 849. The molecule has 1 heterocycles. The van der Waals surface area contributed by atoms with E-state index in [9.17, 15) is 13.2 Å². The van der Waals surface area contributed by atoms with Gasteiger partial charge in [0.05, 0.1) is 31.1 Å². The molecule has 6 nitrogen and oxygen atoms in total. The number of benzene rings is 2. The molecular formula is C20H26N3O3S+. The molecule has 0 unspecified atom stereocenters. The van der Waals surface area contributed by atoms with Crippen LogP contribution in [0.4, 0.5) is 0 Å². The summed E-state index contributed by atoms with van der Waals surface area (Å²) in [5, 5.41) is 2.97. The highest BCUT2D eigenvalue weighted by atomic mass is 32.2. The van der Waals surface area contributed by atoms with Gasteiger partial charge in [0.25, 0.3) is 5.91 Å². The minimum Gasteiger partial charge on any atom is -0.347 e. The second kappa shape index (κ2) is 8.65. The highest BCUT2D eigenvalue weighted by Gasteiger charge is 2.34. The van der Waals surface area contributed by atoms with Crippen molar-refractivity contribution in [1.29, 1.82) is 0 Å². The zero-order valence-electron chi connectivity index (χ0n) is 15.5. The van der Waals surface area contributed by atoms with Crippen LogP contribution in [0.2, 0.25) is 0 Å². The Morgan fingerprint density at radius 1 is 1.04 bits per heavy atom. The Morgan fingerprint density at radius 3 is 2.19 bits per heavy atom. The van der Waals surface area contributed by atoms with Gasteiger partial charge in [0.1, 0.15) is 0 Å². The summed E-state index contributed by atoms with van der Waals surface area (Å²) in [6.07, 6.45) is 0. The molecule has 1 atom stereocenters. The first-order valence-electron chi connectivity index (χ1n) is 9.20. The average Bonchev–Trinajstić information content (AvgIpc) is 2.73. The van der Waals surface area contributed by atoms with Crippen molar-refractivity contribution in [3.05, 3.63) is 66.2 Å². The Hall–Kier alpha value is -2.22. The van der Waals surface area contributed by atoms with E-state index >= 15 is 0 Å². The van der Waals surface area contributed by atoms with Crippen molar-refractivity contribution in [2.24, 2.45) is 0 Å². The molecule has 0 saturated carbocycles. The zero-order chi connectivity index (χ0) is 19.3. The lowest BCUT2D eigenvalue weighted by Crippen LogP contribution is -3.19. The second-order valence-corrected chi connectivity index (χ2v) is 8.74. The summed E-state index contributed by atoms with van der Waals surface area (Å²) in [4.78, 5) is 13.9. The Balaban J connectivity index is 1.53. The monoisotopic (exact) mass is 388 g/mol. The van der Waals surface area contributed by atoms with Gasteiger partial charge in [-0.2, -0.15) is 4.31 Å². The quantitative estimate of drug-likeness (QED) is 0.747. The molecule has 1 amide bonds. The van der Waals surface area contributed by atoms with Crippen LogP contribution in [0.3, 0.4) is 0 Å². The number of nitrogens with one attached hydrogen (secondary N) is 2. The molecule has 1 aliphatic heterocycles. The van der Waals surface area contributed by atoms with Gasteiger partial charge in [0.15, 0.2) is 6.04 Å². The first-order valence-corrected chi connectivity index (χ1v) is 10.6. The minimum absolute atomic E-state index is 0.00628. The number of carbonyl (C=O) groups excluding carboxylic acids is 1. The van der Waals surface area contributed by atoms with Crippen LogP contribution in [0.1, 0.15) is 12.5 Å². The molecule has 2 N–H and O–H groups in total. The van der Waals surface area contributed by atoms with Crippen LogP contribution < -0.4 is 10.2 Å². The van der Waals surface area contributed by atoms with Gasteiger partial charge in [-0.3, -0.25) is 4.79 Å². The molecule has 1 aliphatic rings. The fourth-order valence-electron chi connectivity index (χ4n) is 3.31. The normalized spacial score (nSPS) is 17.4. The predicted octanol–water partition coefficient (Wildman–Crippen LogP) is 0.281. The van der Waals surface area contributed by atoms with E-state index in [1.807, 2.05) is 37.3 Å². The smallest absolute Gasteiger partial charge is 0.278 e. The Morgan fingerprint density at radius 2 is 1.59 bits per heavy atom. The molecule has 0 aliphatic carbocycles. The molecule has 3 rings (SSSR count). The van der Waals surface area contributed by atoms with E-state index in [1.165, 1.54) is 4.31 Å². The third kappa shape index (κ3) is 4.74. The van der Waals surface area contributed by atoms with E-state index in [2.05, 4.69) is 5.32 Å². The van der Waals surface area contributed by atoms with Crippen LogP contribution in [0.5, 0.6) is 0 Å². The number of carbonyl (C=O) groups is 1. The van der Waals surface area contributed by atoms with Gasteiger partial charge in [0, 0.05) is 6.54 Å². The average molecular weight is 389 g/mol. The van der Waals surface area contributed by atoms with Crippen molar-refractivity contribution in [2.75, 3.05) is 26.2 Å². The maximum absolute atomic E-state index is 12.7. The number of hydrogen-bond donors (Lipinski definition) is 2. The van der Waals surface area contributed by atoms with Gasteiger partial charge in [-0.15, -0.1) is 0 Å². The third-order valence-electron chi connectivity index (χ3n) is 5.06. The van der Waals surface area contributed by atoms with Crippen molar-refractivity contribution in [1.82, 2.24) is 9.62 Å². The lowest BCUT2D eigenvalue weighted by atomic mass is 10.2. The summed E-state index contributed by atoms with van der Waals surface area (Å²) in [7, 11) is -3.46. The van der Waals surface area contributed by atoms with E-state index in [1.54, 1.807) is 30.3 Å². The van der Waals surface area contributed by atoms with Gasteiger partial charge in [-0.1, -0.05) is 48.5 Å². The molecule has 0 bridgehead atoms. The Labute approximate surface area is 160 Å². The number of amides is 1. The third-order valence-corrected chi connectivity index (χ3v) is 6.97. The molecule has 0 spiro atoms. The van der Waals surface area contributed by atoms with Crippen molar-refractivity contribution in [3.63, 3.8) is 0 Å². The highest BCUT2D eigenvalue weighted by molar-refractivity contribution is 7.89. The van der Waals surface area contributed by atoms with E-state index in [-0.39, 0.29) is 11.9 Å². The fourth-order valence-corrected chi connectivity index (χ4v) is 4.77. The van der Waals surface area contributed by atoms with Crippen LogP contribution in [0, 0.1) is 0 Å². The summed E-state index contributed by atoms with van der Waals surface area (Å²) in [6.45, 7) is 4.48. The summed E-state index contributed by atoms with van der Waals surface area (Å²) in [5.74, 6) is -0.00628. The summed E-state index contributed by atoms with van der Waals surface area (Å²) < 4.78 is 26.9. The molecule has 0 aromatic heterocycles. The van der Waals surface area contributed by atoms with Crippen LogP contribution in [-0.4, -0.2) is 50.9 Å². The molecule has 0 radical (unpaired) electrons. The topological polar surface area (TPSA) is 70.9 Å². The number of rotatable bonds is 6. The molecular weight excluding hydrogens is 362 g/mol. The van der Waals surface area contributed by atoms with Crippen LogP contribution in [0.25, 0.3) is 0 Å². The number of nitrogens with zero attached hydrogens (tertiary/aromatic N) is 1. The zero-order valence-corrected chi connectivity index (χ0v) is 16.3. The van der Waals surface area contributed by atoms with Crippen molar-refractivity contribution in [2.45, 2.75) is 24.4 Å². The molecule has 1 saturated heterocycles. The summed E-state index contributed by atoms with van der Waals surface area (Å²) in [6, 6.07) is 18.1. The van der Waals surface area contributed by atoms with E-state index in [0.717, 1.165) is 10.5 Å². The van der Waals surface area contributed by atoms with Crippen LogP contribution in [-0.2, 0) is 21.4 Å². The number of quaternary nitrogens is 1. The SMILES string of the molecule is C[C@H](C(=O)NCc1ccccc1)[NH+]1CCN(S(=O)(=O)c2ccccc2)CC1. The van der Waals surface area contributed by atoms with Crippen molar-refractivity contribution >= 4 is 15.9 Å². The maximum Gasteiger partial charge on any atom is 0.278 e. The predicted molar refractivity (Wildman–Crippen MR) is 104 cm³/mol. The van der Waals surface area contributed by atoms with Gasteiger partial charge >= 0.3 is 0 Å². The van der Waals surface area contributed by atoms with E-state index in [0.29, 0.717) is 37.6 Å². The number of hydrogen-bond acceptors (Lipinski definition) is 3. The standard InChI is InChI=1S/C20H25N3O3S/c1-17(20(24)21-16-18-8-4-2-5-9-18)22-12-14-23(15-13-22)27(25,26)19-10-6-3-7-11-19/h2-11,17H,12-16H2,1H3,(H,21,24)/p+1/t17-/m1/s1. The molecule has 1 fully saturated rings. The van der Waals surface area contributed by atoms with Gasteiger partial charge in [-0.05, 0) is 24.6 Å². The molecule has 7 heteroatoms. The van der Waals surface area contributed by atoms with Crippen molar-refractivity contribution < 1.29 is 18.1 Å². The van der Waals surface area contributed by atoms with E-state index in [4.69, 9.17) is 0 Å².